The predicted molar refractivity (Wildman–Crippen MR) is 63.6 cm³/mol. The van der Waals surface area contributed by atoms with Crippen LogP contribution in [0.5, 0.6) is 5.75 Å². The van der Waals surface area contributed by atoms with Crippen molar-refractivity contribution in [2.45, 2.75) is 34.1 Å². The maximum Gasteiger partial charge on any atom is 0.140 e. The lowest BCUT2D eigenvalue weighted by atomic mass is 9.93. The molecule has 1 heterocycles. The first kappa shape index (κ1) is 13.9. The lowest BCUT2D eigenvalue weighted by Crippen LogP contribution is -2.11. The second-order valence-corrected chi connectivity index (χ2v) is 4.80. The number of hydrogen-bond donors (Lipinski definition) is 1. The molecule has 0 aliphatic heterocycles. The SMILES string of the molecule is Cc1ccncc1OCCC(C)(C)C.N. The fourth-order valence-corrected chi connectivity index (χ4v) is 1.07. The first-order chi connectivity index (χ1) is 6.49. The van der Waals surface area contributed by atoms with Crippen LogP contribution in [0.4, 0.5) is 0 Å². The average Bonchev–Trinajstić information content (AvgIpc) is 2.06. The second kappa shape index (κ2) is 5.71. The van der Waals surface area contributed by atoms with Crippen LogP contribution >= 0.6 is 0 Å². The van der Waals surface area contributed by atoms with Crippen LogP contribution in [-0.2, 0) is 0 Å². The van der Waals surface area contributed by atoms with Gasteiger partial charge in [-0.25, -0.2) is 0 Å². The maximum atomic E-state index is 5.65. The summed E-state index contributed by atoms with van der Waals surface area (Å²) in [4.78, 5) is 4.04. The van der Waals surface area contributed by atoms with Gasteiger partial charge in [-0.3, -0.25) is 4.98 Å². The topological polar surface area (TPSA) is 57.1 Å². The Morgan fingerprint density at radius 2 is 2.00 bits per heavy atom. The highest BCUT2D eigenvalue weighted by molar-refractivity contribution is 5.27. The summed E-state index contributed by atoms with van der Waals surface area (Å²) >= 11 is 0. The Kier molecular flexibility index (Phi) is 5.29. The molecular formula is C12H22N2O. The lowest BCUT2D eigenvalue weighted by molar-refractivity contribution is 0.241. The molecule has 1 rings (SSSR count). The zero-order chi connectivity index (χ0) is 10.6. The van der Waals surface area contributed by atoms with E-state index in [-0.39, 0.29) is 6.15 Å². The van der Waals surface area contributed by atoms with E-state index in [4.69, 9.17) is 4.74 Å². The average molecular weight is 210 g/mol. The summed E-state index contributed by atoms with van der Waals surface area (Å²) in [5.74, 6) is 0.900. The molecule has 0 radical (unpaired) electrons. The van der Waals surface area contributed by atoms with Gasteiger partial charge in [-0.05, 0) is 30.4 Å². The number of aryl methyl sites for hydroxylation is 1. The normalized spacial score (nSPS) is 10.7. The van der Waals surface area contributed by atoms with E-state index < -0.39 is 0 Å². The standard InChI is InChI=1S/C12H19NO.H3N/c1-10-5-7-13-9-11(10)14-8-6-12(2,3)4;/h5,7,9H,6,8H2,1-4H3;1H3. The molecule has 0 saturated heterocycles. The molecule has 0 atom stereocenters. The molecule has 86 valence electrons. The minimum atomic E-state index is 0. The number of nitrogens with zero attached hydrogens (tertiary/aromatic N) is 1. The molecule has 1 aromatic heterocycles. The first-order valence-corrected chi connectivity index (χ1v) is 5.02. The maximum absolute atomic E-state index is 5.65. The van der Waals surface area contributed by atoms with E-state index in [0.29, 0.717) is 5.41 Å². The Morgan fingerprint density at radius 3 is 2.53 bits per heavy atom. The van der Waals surface area contributed by atoms with Gasteiger partial charge in [-0.1, -0.05) is 20.8 Å². The lowest BCUT2D eigenvalue weighted by Gasteiger charge is -2.18. The number of ether oxygens (including phenoxy) is 1. The molecule has 0 aromatic carbocycles. The molecule has 0 saturated carbocycles. The van der Waals surface area contributed by atoms with Crippen LogP contribution in [0.3, 0.4) is 0 Å². The number of aromatic nitrogens is 1. The third-order valence-electron chi connectivity index (χ3n) is 2.10. The quantitative estimate of drug-likeness (QED) is 0.832. The molecule has 3 N–H and O–H groups in total. The van der Waals surface area contributed by atoms with Crippen LogP contribution < -0.4 is 10.9 Å². The van der Waals surface area contributed by atoms with Crippen molar-refractivity contribution in [3.8, 4) is 5.75 Å². The van der Waals surface area contributed by atoms with Gasteiger partial charge in [-0.2, -0.15) is 0 Å². The Labute approximate surface area is 92.5 Å². The van der Waals surface area contributed by atoms with Gasteiger partial charge in [0.1, 0.15) is 5.75 Å². The predicted octanol–water partition coefficient (Wildman–Crippen LogP) is 3.37. The highest BCUT2D eigenvalue weighted by Gasteiger charge is 2.10. The molecular weight excluding hydrogens is 188 g/mol. The van der Waals surface area contributed by atoms with E-state index in [0.717, 1.165) is 24.3 Å². The van der Waals surface area contributed by atoms with Crippen molar-refractivity contribution >= 4 is 0 Å². The van der Waals surface area contributed by atoms with Gasteiger partial charge in [0.15, 0.2) is 0 Å². The van der Waals surface area contributed by atoms with E-state index in [1.807, 2.05) is 13.0 Å². The zero-order valence-electron chi connectivity index (χ0n) is 10.2. The molecule has 3 heteroatoms. The highest BCUT2D eigenvalue weighted by atomic mass is 16.5. The molecule has 0 bridgehead atoms. The van der Waals surface area contributed by atoms with E-state index in [2.05, 4.69) is 25.8 Å². The van der Waals surface area contributed by atoms with E-state index >= 15 is 0 Å². The Morgan fingerprint density at radius 1 is 1.33 bits per heavy atom. The van der Waals surface area contributed by atoms with Crippen LogP contribution in [0, 0.1) is 12.3 Å². The van der Waals surface area contributed by atoms with Gasteiger partial charge in [0, 0.05) is 6.20 Å². The van der Waals surface area contributed by atoms with Crippen LogP contribution in [0.15, 0.2) is 18.5 Å². The Bertz CT molecular complexity index is 292. The zero-order valence-corrected chi connectivity index (χ0v) is 10.2. The molecule has 0 aliphatic carbocycles. The largest absolute Gasteiger partial charge is 0.492 e. The van der Waals surface area contributed by atoms with Gasteiger partial charge in [0.05, 0.1) is 12.8 Å². The smallest absolute Gasteiger partial charge is 0.140 e. The van der Waals surface area contributed by atoms with Gasteiger partial charge in [0.25, 0.3) is 0 Å². The van der Waals surface area contributed by atoms with E-state index in [9.17, 15) is 0 Å². The highest BCUT2D eigenvalue weighted by Crippen LogP contribution is 2.20. The van der Waals surface area contributed by atoms with Gasteiger partial charge in [0.2, 0.25) is 0 Å². The Balaban J connectivity index is 0.00000196. The monoisotopic (exact) mass is 210 g/mol. The summed E-state index contributed by atoms with van der Waals surface area (Å²) < 4.78 is 5.65. The van der Waals surface area contributed by atoms with Crippen LogP contribution in [0.2, 0.25) is 0 Å². The summed E-state index contributed by atoms with van der Waals surface area (Å²) in [6.45, 7) is 9.44. The first-order valence-electron chi connectivity index (χ1n) is 5.02. The van der Waals surface area contributed by atoms with Crippen molar-refractivity contribution in [2.75, 3.05) is 6.61 Å². The van der Waals surface area contributed by atoms with Crippen molar-refractivity contribution in [1.29, 1.82) is 0 Å². The number of hydrogen-bond acceptors (Lipinski definition) is 3. The van der Waals surface area contributed by atoms with Gasteiger partial charge >= 0.3 is 0 Å². The summed E-state index contributed by atoms with van der Waals surface area (Å²) in [6, 6.07) is 1.96. The molecule has 0 amide bonds. The second-order valence-electron chi connectivity index (χ2n) is 4.80. The molecule has 3 nitrogen and oxygen atoms in total. The fourth-order valence-electron chi connectivity index (χ4n) is 1.07. The minimum Gasteiger partial charge on any atom is -0.492 e. The summed E-state index contributed by atoms with van der Waals surface area (Å²) in [6.07, 6.45) is 4.62. The van der Waals surface area contributed by atoms with Gasteiger partial charge < -0.3 is 10.9 Å². The summed E-state index contributed by atoms with van der Waals surface area (Å²) in [5.41, 5.74) is 1.48. The number of pyridine rings is 1. The molecule has 0 fully saturated rings. The molecule has 1 aromatic rings. The molecule has 0 unspecified atom stereocenters. The van der Waals surface area contributed by atoms with Gasteiger partial charge in [-0.15, -0.1) is 0 Å². The van der Waals surface area contributed by atoms with Crippen molar-refractivity contribution in [3.05, 3.63) is 24.0 Å². The van der Waals surface area contributed by atoms with Crippen LogP contribution in [0.25, 0.3) is 0 Å². The molecule has 0 spiro atoms. The molecule has 15 heavy (non-hydrogen) atoms. The van der Waals surface area contributed by atoms with Crippen molar-refractivity contribution in [3.63, 3.8) is 0 Å². The fraction of sp³-hybridized carbons (Fsp3) is 0.583. The minimum absolute atomic E-state index is 0. The van der Waals surface area contributed by atoms with E-state index in [1.165, 1.54) is 0 Å². The number of rotatable bonds is 3. The Hall–Kier alpha value is -1.09. The van der Waals surface area contributed by atoms with Crippen molar-refractivity contribution in [2.24, 2.45) is 5.41 Å². The van der Waals surface area contributed by atoms with Crippen LogP contribution in [0.1, 0.15) is 32.8 Å². The molecule has 0 aliphatic rings. The van der Waals surface area contributed by atoms with Crippen LogP contribution in [-0.4, -0.2) is 11.6 Å². The summed E-state index contributed by atoms with van der Waals surface area (Å²) in [7, 11) is 0. The summed E-state index contributed by atoms with van der Waals surface area (Å²) in [5, 5.41) is 0. The van der Waals surface area contributed by atoms with Crippen molar-refractivity contribution < 1.29 is 4.74 Å². The third-order valence-corrected chi connectivity index (χ3v) is 2.10. The third kappa shape index (κ3) is 5.37. The van der Waals surface area contributed by atoms with Crippen molar-refractivity contribution in [1.82, 2.24) is 11.1 Å². The van der Waals surface area contributed by atoms with E-state index in [1.54, 1.807) is 12.4 Å².